The van der Waals surface area contributed by atoms with E-state index in [1.54, 1.807) is 13.1 Å². The van der Waals surface area contributed by atoms with Gasteiger partial charge in [0.15, 0.2) is 0 Å². The van der Waals surface area contributed by atoms with Gasteiger partial charge in [-0.3, -0.25) is 9.63 Å². The van der Waals surface area contributed by atoms with Crippen molar-refractivity contribution in [2.75, 3.05) is 19.5 Å². The highest BCUT2D eigenvalue weighted by Crippen LogP contribution is 2.21. The zero-order valence-electron chi connectivity index (χ0n) is 8.00. The summed E-state index contributed by atoms with van der Waals surface area (Å²) in [7, 11) is 3.06. The van der Waals surface area contributed by atoms with Crippen LogP contribution < -0.4 is 10.8 Å². The smallest absolute Gasteiger partial charge is 0.278 e. The highest BCUT2D eigenvalue weighted by Gasteiger charge is 2.10. The Hall–Kier alpha value is -1.75. The minimum atomic E-state index is -0.479. The predicted octanol–water partition coefficient (Wildman–Crippen LogP) is 0.725. The van der Waals surface area contributed by atoms with Crippen molar-refractivity contribution in [1.82, 2.24) is 5.48 Å². The monoisotopic (exact) mass is 196 g/mol. The fraction of sp³-hybridized carbons (Fsp3) is 0.222. The first-order chi connectivity index (χ1) is 6.69. The van der Waals surface area contributed by atoms with Crippen LogP contribution in [0.4, 0.5) is 5.69 Å². The first-order valence-electron chi connectivity index (χ1n) is 4.03. The van der Waals surface area contributed by atoms with Gasteiger partial charge in [-0.25, -0.2) is 5.48 Å². The third-order valence-electron chi connectivity index (χ3n) is 1.73. The molecule has 0 heterocycles. The molecule has 0 spiro atoms. The summed E-state index contributed by atoms with van der Waals surface area (Å²) < 4.78 is 0. The number of benzene rings is 1. The predicted molar refractivity (Wildman–Crippen MR) is 52.1 cm³/mol. The van der Waals surface area contributed by atoms with Crippen LogP contribution in [-0.2, 0) is 4.84 Å². The van der Waals surface area contributed by atoms with Crippen LogP contribution in [0.1, 0.15) is 10.4 Å². The summed E-state index contributed by atoms with van der Waals surface area (Å²) in [6.07, 6.45) is 0. The number of aromatic hydroxyl groups is 1. The maximum atomic E-state index is 11.2. The van der Waals surface area contributed by atoms with E-state index in [-0.39, 0.29) is 11.3 Å². The van der Waals surface area contributed by atoms with Gasteiger partial charge in [-0.2, -0.15) is 0 Å². The van der Waals surface area contributed by atoms with E-state index in [0.29, 0.717) is 0 Å². The molecule has 0 aliphatic heterocycles. The zero-order chi connectivity index (χ0) is 10.6. The number of carbonyl (C=O) groups excluding carboxylic acids is 1. The molecule has 0 aliphatic rings. The van der Waals surface area contributed by atoms with Crippen LogP contribution >= 0.6 is 0 Å². The molecule has 0 aliphatic carbocycles. The summed E-state index contributed by atoms with van der Waals surface area (Å²) in [5, 5.41) is 12.3. The SMILES string of the molecule is CNc1ccc(C(=O)NOC)c(O)c1. The second-order valence-corrected chi connectivity index (χ2v) is 2.62. The van der Waals surface area contributed by atoms with E-state index in [1.165, 1.54) is 19.2 Å². The Morgan fingerprint density at radius 1 is 1.50 bits per heavy atom. The lowest BCUT2D eigenvalue weighted by atomic mass is 10.1. The van der Waals surface area contributed by atoms with Gasteiger partial charge in [-0.05, 0) is 12.1 Å². The first-order valence-corrected chi connectivity index (χ1v) is 4.03. The third-order valence-corrected chi connectivity index (χ3v) is 1.73. The van der Waals surface area contributed by atoms with Crippen molar-refractivity contribution in [2.24, 2.45) is 0 Å². The summed E-state index contributed by atoms with van der Waals surface area (Å²) in [6.45, 7) is 0. The van der Waals surface area contributed by atoms with Crippen LogP contribution in [0.15, 0.2) is 18.2 Å². The number of anilines is 1. The van der Waals surface area contributed by atoms with Crippen LogP contribution in [0.5, 0.6) is 5.75 Å². The molecule has 0 bridgehead atoms. The van der Waals surface area contributed by atoms with Crippen LogP contribution in [0.3, 0.4) is 0 Å². The molecular weight excluding hydrogens is 184 g/mol. The van der Waals surface area contributed by atoms with E-state index >= 15 is 0 Å². The van der Waals surface area contributed by atoms with Gasteiger partial charge in [0.05, 0.1) is 12.7 Å². The Kier molecular flexibility index (Phi) is 3.30. The number of nitrogens with one attached hydrogen (secondary N) is 2. The van der Waals surface area contributed by atoms with Gasteiger partial charge in [0.25, 0.3) is 5.91 Å². The minimum absolute atomic E-state index is 0.0913. The number of hydrogen-bond acceptors (Lipinski definition) is 4. The van der Waals surface area contributed by atoms with E-state index in [2.05, 4.69) is 15.6 Å². The van der Waals surface area contributed by atoms with Gasteiger partial charge < -0.3 is 10.4 Å². The lowest BCUT2D eigenvalue weighted by molar-refractivity contribution is 0.0535. The second kappa shape index (κ2) is 4.48. The summed E-state index contributed by atoms with van der Waals surface area (Å²) in [4.78, 5) is 15.7. The highest BCUT2D eigenvalue weighted by atomic mass is 16.6. The summed E-state index contributed by atoms with van der Waals surface area (Å²) >= 11 is 0. The lowest BCUT2D eigenvalue weighted by Gasteiger charge is -2.06. The molecule has 1 aromatic carbocycles. The van der Waals surface area contributed by atoms with E-state index < -0.39 is 5.91 Å². The number of hydroxylamine groups is 1. The molecule has 1 rings (SSSR count). The average Bonchev–Trinajstić information content (AvgIpc) is 2.17. The topological polar surface area (TPSA) is 70.6 Å². The van der Waals surface area contributed by atoms with E-state index in [1.807, 2.05) is 0 Å². The van der Waals surface area contributed by atoms with Gasteiger partial charge in [0.2, 0.25) is 0 Å². The van der Waals surface area contributed by atoms with Crippen LogP contribution in [-0.4, -0.2) is 25.2 Å². The largest absolute Gasteiger partial charge is 0.507 e. The molecule has 1 aromatic rings. The Labute approximate surface area is 81.6 Å². The molecule has 0 saturated carbocycles. The number of hydrogen-bond donors (Lipinski definition) is 3. The Morgan fingerprint density at radius 3 is 2.71 bits per heavy atom. The average molecular weight is 196 g/mol. The van der Waals surface area contributed by atoms with Crippen molar-refractivity contribution in [3.05, 3.63) is 23.8 Å². The fourth-order valence-electron chi connectivity index (χ4n) is 1.03. The number of rotatable bonds is 3. The van der Waals surface area contributed by atoms with E-state index in [0.717, 1.165) is 5.69 Å². The fourth-order valence-corrected chi connectivity index (χ4v) is 1.03. The van der Waals surface area contributed by atoms with Gasteiger partial charge in [-0.1, -0.05) is 0 Å². The molecule has 0 fully saturated rings. The van der Waals surface area contributed by atoms with Gasteiger partial charge in [0.1, 0.15) is 5.75 Å². The number of amides is 1. The molecule has 0 saturated heterocycles. The molecule has 1 amide bonds. The van der Waals surface area contributed by atoms with Crippen LogP contribution in [0.25, 0.3) is 0 Å². The quantitative estimate of drug-likeness (QED) is 0.623. The van der Waals surface area contributed by atoms with Gasteiger partial charge >= 0.3 is 0 Å². The maximum Gasteiger partial charge on any atom is 0.278 e. The minimum Gasteiger partial charge on any atom is -0.507 e. The molecule has 76 valence electrons. The molecule has 5 nitrogen and oxygen atoms in total. The molecule has 14 heavy (non-hydrogen) atoms. The Bertz CT molecular complexity index is 339. The number of phenolic OH excluding ortho intramolecular Hbond substituents is 1. The van der Waals surface area contributed by atoms with Gasteiger partial charge in [-0.15, -0.1) is 0 Å². The molecule has 0 radical (unpaired) electrons. The van der Waals surface area contributed by atoms with Crippen molar-refractivity contribution in [3.8, 4) is 5.75 Å². The molecule has 0 atom stereocenters. The first kappa shape index (κ1) is 10.3. The Balaban J connectivity index is 2.94. The van der Waals surface area contributed by atoms with E-state index in [9.17, 15) is 9.90 Å². The maximum absolute atomic E-state index is 11.2. The summed E-state index contributed by atoms with van der Waals surface area (Å²) in [5.74, 6) is -0.570. The molecule has 0 unspecified atom stereocenters. The lowest BCUT2D eigenvalue weighted by Crippen LogP contribution is -2.21. The van der Waals surface area contributed by atoms with Crippen molar-refractivity contribution in [1.29, 1.82) is 0 Å². The van der Waals surface area contributed by atoms with Crippen LogP contribution in [0, 0.1) is 0 Å². The molecular formula is C9H12N2O3. The third kappa shape index (κ3) is 2.14. The zero-order valence-corrected chi connectivity index (χ0v) is 8.00. The van der Waals surface area contributed by atoms with Crippen molar-refractivity contribution < 1.29 is 14.7 Å². The molecule has 0 aromatic heterocycles. The van der Waals surface area contributed by atoms with Crippen molar-refractivity contribution in [2.45, 2.75) is 0 Å². The highest BCUT2D eigenvalue weighted by molar-refractivity contribution is 5.96. The van der Waals surface area contributed by atoms with Crippen molar-refractivity contribution >= 4 is 11.6 Å². The molecule has 3 N–H and O–H groups in total. The van der Waals surface area contributed by atoms with Gasteiger partial charge in [0, 0.05) is 18.8 Å². The van der Waals surface area contributed by atoms with Crippen molar-refractivity contribution in [3.63, 3.8) is 0 Å². The summed E-state index contributed by atoms with van der Waals surface area (Å²) in [5.41, 5.74) is 3.03. The molecule has 5 heteroatoms. The summed E-state index contributed by atoms with van der Waals surface area (Å²) in [6, 6.07) is 4.66. The second-order valence-electron chi connectivity index (χ2n) is 2.62. The number of phenols is 1. The van der Waals surface area contributed by atoms with Crippen LogP contribution in [0.2, 0.25) is 0 Å². The van der Waals surface area contributed by atoms with E-state index in [4.69, 9.17) is 0 Å². The standard InChI is InChI=1S/C9H12N2O3/c1-10-6-3-4-7(8(12)5-6)9(13)11-14-2/h3-5,10,12H,1-2H3,(H,11,13). The Morgan fingerprint density at radius 2 is 2.21 bits per heavy atom. The number of carbonyl (C=O) groups is 1. The normalized spacial score (nSPS) is 9.57.